The molecule has 6 heteroatoms. The summed E-state index contributed by atoms with van der Waals surface area (Å²) >= 11 is 5.75. The zero-order valence-corrected chi connectivity index (χ0v) is 10.2. The number of ether oxygens (including phenoxy) is 1. The maximum atomic E-state index is 10.8. The molecule has 0 unspecified atom stereocenters. The zero-order valence-electron chi connectivity index (χ0n) is 9.42. The van der Waals surface area contributed by atoms with Crippen LogP contribution < -0.4 is 4.74 Å². The number of aromatic carboxylic acids is 1. The Morgan fingerprint density at radius 1 is 1.28 bits per heavy atom. The quantitative estimate of drug-likeness (QED) is 0.923. The highest BCUT2D eigenvalue weighted by atomic mass is 35.5. The molecule has 0 bridgehead atoms. The molecule has 5 nitrogen and oxygen atoms in total. The van der Waals surface area contributed by atoms with Crippen molar-refractivity contribution in [2.24, 2.45) is 0 Å². The summed E-state index contributed by atoms with van der Waals surface area (Å²) in [4.78, 5) is 18.6. The molecule has 0 amide bonds. The van der Waals surface area contributed by atoms with Crippen LogP contribution >= 0.6 is 11.6 Å². The van der Waals surface area contributed by atoms with E-state index in [0.29, 0.717) is 16.6 Å². The molecule has 0 aliphatic heterocycles. The van der Waals surface area contributed by atoms with Gasteiger partial charge in [-0.3, -0.25) is 0 Å². The number of aromatic nitrogens is 2. The second-order valence-electron chi connectivity index (χ2n) is 3.50. The summed E-state index contributed by atoms with van der Waals surface area (Å²) < 4.78 is 5.43. The van der Waals surface area contributed by atoms with Crippen molar-refractivity contribution >= 4 is 17.6 Å². The van der Waals surface area contributed by atoms with Crippen molar-refractivity contribution in [3.05, 3.63) is 46.9 Å². The average molecular weight is 265 g/mol. The highest BCUT2D eigenvalue weighted by molar-refractivity contribution is 6.30. The Morgan fingerprint density at radius 3 is 2.56 bits per heavy atom. The molecule has 0 atom stereocenters. The Morgan fingerprint density at radius 2 is 1.94 bits per heavy atom. The normalized spacial score (nSPS) is 10.1. The summed E-state index contributed by atoms with van der Waals surface area (Å²) in [6.07, 6.45) is 0. The number of halogens is 1. The number of carboxylic acids is 1. The van der Waals surface area contributed by atoms with Crippen molar-refractivity contribution in [2.75, 3.05) is 0 Å². The van der Waals surface area contributed by atoms with Crippen LogP contribution in [0, 0.1) is 6.92 Å². The van der Waals surface area contributed by atoms with E-state index in [1.165, 1.54) is 6.07 Å². The summed E-state index contributed by atoms with van der Waals surface area (Å²) in [5.74, 6) is -0.0867. The molecule has 0 aliphatic rings. The van der Waals surface area contributed by atoms with Gasteiger partial charge in [0, 0.05) is 11.1 Å². The minimum atomic E-state index is -1.12. The standard InChI is InChI=1S/C12H9ClN2O3/c1-7-14-10(12(16)17)6-11(15-7)18-9-4-2-8(13)3-5-9/h2-6H,1H3,(H,16,17). The SMILES string of the molecule is Cc1nc(Oc2ccc(Cl)cc2)cc(C(=O)O)n1. The number of rotatable bonds is 3. The maximum Gasteiger partial charge on any atom is 0.354 e. The lowest BCUT2D eigenvalue weighted by Crippen LogP contribution is -2.04. The predicted octanol–water partition coefficient (Wildman–Crippen LogP) is 2.93. The Hall–Kier alpha value is -2.14. The van der Waals surface area contributed by atoms with E-state index in [2.05, 4.69) is 9.97 Å². The molecule has 1 aromatic carbocycles. The van der Waals surface area contributed by atoms with Crippen molar-refractivity contribution in [2.45, 2.75) is 6.92 Å². The first-order valence-corrected chi connectivity index (χ1v) is 5.45. The van der Waals surface area contributed by atoms with E-state index in [0.717, 1.165) is 0 Å². The van der Waals surface area contributed by atoms with Gasteiger partial charge in [0.1, 0.15) is 11.6 Å². The highest BCUT2D eigenvalue weighted by Gasteiger charge is 2.09. The van der Waals surface area contributed by atoms with Gasteiger partial charge < -0.3 is 9.84 Å². The fraction of sp³-hybridized carbons (Fsp3) is 0.0833. The first kappa shape index (κ1) is 12.3. The lowest BCUT2D eigenvalue weighted by atomic mass is 10.3. The van der Waals surface area contributed by atoms with Gasteiger partial charge in [-0.25, -0.2) is 9.78 Å². The zero-order chi connectivity index (χ0) is 13.1. The van der Waals surface area contributed by atoms with Gasteiger partial charge in [0.25, 0.3) is 0 Å². The lowest BCUT2D eigenvalue weighted by molar-refractivity contribution is 0.0689. The van der Waals surface area contributed by atoms with Crippen LogP contribution in [0.15, 0.2) is 30.3 Å². The van der Waals surface area contributed by atoms with Gasteiger partial charge in [-0.15, -0.1) is 0 Å². The topological polar surface area (TPSA) is 72.3 Å². The molecule has 1 heterocycles. The molecule has 1 N–H and O–H groups in total. The van der Waals surface area contributed by atoms with Crippen molar-refractivity contribution < 1.29 is 14.6 Å². The number of aryl methyl sites for hydroxylation is 1. The lowest BCUT2D eigenvalue weighted by Gasteiger charge is -2.06. The summed E-state index contributed by atoms with van der Waals surface area (Å²) in [5, 5.41) is 9.46. The van der Waals surface area contributed by atoms with Gasteiger partial charge in [-0.1, -0.05) is 11.6 Å². The highest BCUT2D eigenvalue weighted by Crippen LogP contribution is 2.22. The van der Waals surface area contributed by atoms with Gasteiger partial charge in [-0.2, -0.15) is 4.98 Å². The van der Waals surface area contributed by atoms with Crippen LogP contribution in [0.1, 0.15) is 16.3 Å². The number of carbonyl (C=O) groups is 1. The molecule has 18 heavy (non-hydrogen) atoms. The van der Waals surface area contributed by atoms with Gasteiger partial charge in [0.05, 0.1) is 0 Å². The van der Waals surface area contributed by atoms with Crippen LogP contribution in [-0.2, 0) is 0 Å². The van der Waals surface area contributed by atoms with Crippen molar-refractivity contribution in [3.63, 3.8) is 0 Å². The van der Waals surface area contributed by atoms with Crippen LogP contribution in [-0.4, -0.2) is 21.0 Å². The molecule has 0 saturated heterocycles. The second-order valence-corrected chi connectivity index (χ2v) is 3.94. The third kappa shape index (κ3) is 2.95. The molecule has 1 aromatic heterocycles. The fourth-order valence-electron chi connectivity index (χ4n) is 1.33. The van der Waals surface area contributed by atoms with E-state index in [1.807, 2.05) is 0 Å². The van der Waals surface area contributed by atoms with Crippen LogP contribution in [0.4, 0.5) is 0 Å². The average Bonchev–Trinajstić information content (AvgIpc) is 2.31. The molecular formula is C12H9ClN2O3. The molecule has 0 aliphatic carbocycles. The monoisotopic (exact) mass is 264 g/mol. The number of hydrogen-bond acceptors (Lipinski definition) is 4. The van der Waals surface area contributed by atoms with Gasteiger partial charge in [-0.05, 0) is 31.2 Å². The third-order valence-corrected chi connectivity index (χ3v) is 2.32. The Kier molecular flexibility index (Phi) is 3.43. The van der Waals surface area contributed by atoms with Gasteiger partial charge in [0.15, 0.2) is 5.69 Å². The van der Waals surface area contributed by atoms with Crippen LogP contribution in [0.5, 0.6) is 11.6 Å². The number of carboxylic acid groups (broad SMARTS) is 1. The van der Waals surface area contributed by atoms with E-state index >= 15 is 0 Å². The largest absolute Gasteiger partial charge is 0.477 e. The minimum Gasteiger partial charge on any atom is -0.477 e. The van der Waals surface area contributed by atoms with E-state index in [-0.39, 0.29) is 11.6 Å². The molecule has 0 fully saturated rings. The Labute approximate surface area is 108 Å². The van der Waals surface area contributed by atoms with Crippen LogP contribution in [0.25, 0.3) is 0 Å². The molecule has 0 saturated carbocycles. The first-order valence-electron chi connectivity index (χ1n) is 5.07. The molecule has 2 aromatic rings. The van der Waals surface area contributed by atoms with E-state index in [4.69, 9.17) is 21.4 Å². The molecule has 0 spiro atoms. The Balaban J connectivity index is 2.28. The second kappa shape index (κ2) is 5.01. The van der Waals surface area contributed by atoms with Crippen molar-refractivity contribution in [1.82, 2.24) is 9.97 Å². The third-order valence-electron chi connectivity index (χ3n) is 2.07. The summed E-state index contributed by atoms with van der Waals surface area (Å²) in [5.41, 5.74) is -0.105. The molecule has 0 radical (unpaired) electrons. The fourth-order valence-corrected chi connectivity index (χ4v) is 1.45. The van der Waals surface area contributed by atoms with Crippen LogP contribution in [0.3, 0.4) is 0 Å². The van der Waals surface area contributed by atoms with E-state index < -0.39 is 5.97 Å². The molecular weight excluding hydrogens is 256 g/mol. The number of hydrogen-bond donors (Lipinski definition) is 1. The van der Waals surface area contributed by atoms with Crippen molar-refractivity contribution in [3.8, 4) is 11.6 Å². The van der Waals surface area contributed by atoms with Crippen LogP contribution in [0.2, 0.25) is 5.02 Å². The van der Waals surface area contributed by atoms with Crippen molar-refractivity contribution in [1.29, 1.82) is 0 Å². The Bertz CT molecular complexity index is 584. The number of benzene rings is 1. The maximum absolute atomic E-state index is 10.8. The summed E-state index contributed by atoms with van der Waals surface area (Å²) in [6, 6.07) is 7.94. The predicted molar refractivity (Wildman–Crippen MR) is 65.3 cm³/mol. The molecule has 92 valence electrons. The van der Waals surface area contributed by atoms with E-state index in [9.17, 15) is 4.79 Å². The minimum absolute atomic E-state index is 0.105. The summed E-state index contributed by atoms with van der Waals surface area (Å²) in [6.45, 7) is 1.60. The summed E-state index contributed by atoms with van der Waals surface area (Å²) in [7, 11) is 0. The smallest absolute Gasteiger partial charge is 0.354 e. The first-order chi connectivity index (χ1) is 8.54. The van der Waals surface area contributed by atoms with E-state index in [1.54, 1.807) is 31.2 Å². The van der Waals surface area contributed by atoms with Gasteiger partial charge in [0.2, 0.25) is 5.88 Å². The molecule has 2 rings (SSSR count). The van der Waals surface area contributed by atoms with Gasteiger partial charge >= 0.3 is 5.97 Å². The number of nitrogens with zero attached hydrogens (tertiary/aromatic N) is 2.